The summed E-state index contributed by atoms with van der Waals surface area (Å²) in [5.41, 5.74) is 2.73. The number of nitrogens with zero attached hydrogens (tertiary/aromatic N) is 2. The molecule has 3 aromatic rings. The van der Waals surface area contributed by atoms with Crippen molar-refractivity contribution in [2.75, 3.05) is 20.3 Å². The monoisotopic (exact) mass is 460 g/mol. The van der Waals surface area contributed by atoms with Crippen LogP contribution >= 0.6 is 27.5 Å². The summed E-state index contributed by atoms with van der Waals surface area (Å²) in [4.78, 5) is 14.9. The van der Waals surface area contributed by atoms with E-state index in [4.69, 9.17) is 16.3 Å². The molecule has 0 unspecified atom stereocenters. The van der Waals surface area contributed by atoms with Crippen LogP contribution in [-0.4, -0.2) is 35.6 Å². The second kappa shape index (κ2) is 9.92. The highest BCUT2D eigenvalue weighted by molar-refractivity contribution is 9.10. The first-order chi connectivity index (χ1) is 13.6. The third-order valence-electron chi connectivity index (χ3n) is 4.50. The molecule has 3 rings (SSSR count). The van der Waals surface area contributed by atoms with Crippen LogP contribution in [0.4, 0.5) is 0 Å². The van der Waals surface area contributed by atoms with E-state index in [1.807, 2.05) is 71.8 Å². The summed E-state index contributed by atoms with van der Waals surface area (Å²) in [6.45, 7) is 2.14. The Morgan fingerprint density at radius 2 is 1.96 bits per heavy atom. The molecule has 0 aliphatic carbocycles. The van der Waals surface area contributed by atoms with Crippen molar-refractivity contribution in [3.63, 3.8) is 0 Å². The summed E-state index contributed by atoms with van der Waals surface area (Å²) in [6.07, 6.45) is 2.01. The number of ether oxygens (including phenoxy) is 1. The summed E-state index contributed by atoms with van der Waals surface area (Å²) in [7, 11) is 1.64. The molecule has 0 N–H and O–H groups in total. The van der Waals surface area contributed by atoms with Gasteiger partial charge in [-0.25, -0.2) is 0 Å². The average Bonchev–Trinajstić information content (AvgIpc) is 3.13. The van der Waals surface area contributed by atoms with Gasteiger partial charge in [-0.15, -0.1) is 0 Å². The second-order valence-electron chi connectivity index (χ2n) is 6.45. The van der Waals surface area contributed by atoms with Crippen molar-refractivity contribution < 1.29 is 9.53 Å². The van der Waals surface area contributed by atoms with E-state index in [1.165, 1.54) is 0 Å². The third kappa shape index (κ3) is 5.25. The van der Waals surface area contributed by atoms with Crippen molar-refractivity contribution in [3.05, 3.63) is 93.2 Å². The van der Waals surface area contributed by atoms with Crippen LogP contribution < -0.4 is 0 Å². The van der Waals surface area contributed by atoms with Crippen molar-refractivity contribution in [1.82, 2.24) is 9.47 Å². The van der Waals surface area contributed by atoms with Gasteiger partial charge in [-0.3, -0.25) is 4.79 Å². The highest BCUT2D eigenvalue weighted by atomic mass is 79.9. The predicted molar refractivity (Wildman–Crippen MR) is 116 cm³/mol. The van der Waals surface area contributed by atoms with Crippen LogP contribution in [0.1, 0.15) is 21.6 Å². The minimum atomic E-state index is -0.0242. The number of amides is 1. The van der Waals surface area contributed by atoms with Gasteiger partial charge < -0.3 is 14.2 Å². The van der Waals surface area contributed by atoms with E-state index in [0.717, 1.165) is 20.8 Å². The van der Waals surface area contributed by atoms with Gasteiger partial charge in [0, 0.05) is 47.1 Å². The lowest BCUT2D eigenvalue weighted by molar-refractivity contribution is 0.0676. The summed E-state index contributed by atoms with van der Waals surface area (Å²) in [5, 5.41) is 0.739. The summed E-state index contributed by atoms with van der Waals surface area (Å²) < 4.78 is 8.22. The van der Waals surface area contributed by atoms with Gasteiger partial charge >= 0.3 is 0 Å². The molecule has 28 heavy (non-hydrogen) atoms. The average molecular weight is 462 g/mol. The minimum Gasteiger partial charge on any atom is -0.383 e. The number of hydrogen-bond acceptors (Lipinski definition) is 2. The maximum atomic E-state index is 13.1. The Kier molecular flexibility index (Phi) is 7.31. The molecule has 0 atom stereocenters. The first kappa shape index (κ1) is 20.6. The molecule has 0 aliphatic rings. The van der Waals surface area contributed by atoms with Crippen molar-refractivity contribution >= 4 is 33.4 Å². The summed E-state index contributed by atoms with van der Waals surface area (Å²) >= 11 is 9.75. The van der Waals surface area contributed by atoms with Gasteiger partial charge in [0.2, 0.25) is 0 Å². The topological polar surface area (TPSA) is 34.5 Å². The fraction of sp³-hybridized carbons (Fsp3) is 0.227. The number of rotatable bonds is 8. The van der Waals surface area contributed by atoms with E-state index in [2.05, 4.69) is 20.5 Å². The molecule has 0 saturated carbocycles. The number of aromatic nitrogens is 1. The molecule has 0 fully saturated rings. The Morgan fingerprint density at radius 3 is 2.71 bits per heavy atom. The zero-order valence-electron chi connectivity index (χ0n) is 15.6. The first-order valence-electron chi connectivity index (χ1n) is 8.99. The Morgan fingerprint density at radius 1 is 1.14 bits per heavy atom. The smallest absolute Gasteiger partial charge is 0.254 e. The number of hydrogen-bond donors (Lipinski definition) is 0. The van der Waals surface area contributed by atoms with E-state index in [9.17, 15) is 4.79 Å². The van der Waals surface area contributed by atoms with E-state index in [1.54, 1.807) is 7.11 Å². The molecule has 1 aromatic heterocycles. The number of methoxy groups -OCH3 is 1. The van der Waals surface area contributed by atoms with Crippen LogP contribution in [0.15, 0.2) is 71.3 Å². The lowest BCUT2D eigenvalue weighted by Crippen LogP contribution is -2.34. The summed E-state index contributed by atoms with van der Waals surface area (Å²) in [5.74, 6) is -0.0242. The molecule has 1 heterocycles. The maximum absolute atomic E-state index is 13.1. The number of carbonyl (C=O) groups excluding carboxylic acids is 1. The molecule has 0 bridgehead atoms. The van der Waals surface area contributed by atoms with Crippen molar-refractivity contribution in [2.45, 2.75) is 13.1 Å². The quantitative estimate of drug-likeness (QED) is 0.460. The van der Waals surface area contributed by atoms with Gasteiger partial charge in [-0.1, -0.05) is 51.8 Å². The van der Waals surface area contributed by atoms with Gasteiger partial charge in [0.1, 0.15) is 0 Å². The number of benzene rings is 2. The highest BCUT2D eigenvalue weighted by Gasteiger charge is 2.18. The predicted octanol–water partition coefficient (Wildman–Crippen LogP) is 5.24. The molecule has 0 aliphatic heterocycles. The number of carbonyl (C=O) groups is 1. The molecule has 1 amide bonds. The Labute approximate surface area is 178 Å². The Hall–Kier alpha value is -2.08. The molecule has 146 valence electrons. The molecule has 0 spiro atoms. The zero-order valence-corrected chi connectivity index (χ0v) is 18.0. The molecule has 0 radical (unpaired) electrons. The summed E-state index contributed by atoms with van der Waals surface area (Å²) in [6, 6.07) is 19.3. The Balaban J connectivity index is 1.81. The SMILES string of the molecule is COCCN(Cc1cccn1Cc1ccccc1Cl)C(=O)c1cccc(Br)c1. The minimum absolute atomic E-state index is 0.0242. The lowest BCUT2D eigenvalue weighted by atomic mass is 10.2. The molecular formula is C22H22BrClN2O2. The fourth-order valence-electron chi connectivity index (χ4n) is 3.01. The van der Waals surface area contributed by atoms with Crippen LogP contribution in [0, 0.1) is 0 Å². The van der Waals surface area contributed by atoms with Crippen LogP contribution in [0.5, 0.6) is 0 Å². The highest BCUT2D eigenvalue weighted by Crippen LogP contribution is 2.19. The molecule has 6 heteroatoms. The van der Waals surface area contributed by atoms with Gasteiger partial charge in [0.15, 0.2) is 0 Å². The number of halogens is 2. The molecule has 2 aromatic carbocycles. The van der Waals surface area contributed by atoms with Crippen molar-refractivity contribution in [2.24, 2.45) is 0 Å². The van der Waals surface area contributed by atoms with E-state index >= 15 is 0 Å². The van der Waals surface area contributed by atoms with Gasteiger partial charge in [-0.2, -0.15) is 0 Å². The van der Waals surface area contributed by atoms with E-state index in [-0.39, 0.29) is 5.91 Å². The van der Waals surface area contributed by atoms with Crippen LogP contribution in [0.2, 0.25) is 5.02 Å². The van der Waals surface area contributed by atoms with Gasteiger partial charge in [0.25, 0.3) is 5.91 Å². The second-order valence-corrected chi connectivity index (χ2v) is 7.77. The normalized spacial score (nSPS) is 10.8. The van der Waals surface area contributed by atoms with Crippen molar-refractivity contribution in [1.29, 1.82) is 0 Å². The first-order valence-corrected chi connectivity index (χ1v) is 10.2. The molecular weight excluding hydrogens is 440 g/mol. The maximum Gasteiger partial charge on any atom is 0.254 e. The molecule has 0 saturated heterocycles. The van der Waals surface area contributed by atoms with E-state index < -0.39 is 0 Å². The van der Waals surface area contributed by atoms with Crippen molar-refractivity contribution in [3.8, 4) is 0 Å². The third-order valence-corrected chi connectivity index (χ3v) is 5.36. The van der Waals surface area contributed by atoms with Crippen LogP contribution in [0.3, 0.4) is 0 Å². The standard InChI is InChI=1S/C22H22BrClN2O2/c1-28-13-12-26(22(27)17-7-4-8-19(23)14-17)16-20-9-5-11-25(20)15-18-6-2-3-10-21(18)24/h2-11,14H,12-13,15-16H2,1H3. The largest absolute Gasteiger partial charge is 0.383 e. The van der Waals surface area contributed by atoms with Gasteiger partial charge in [0.05, 0.1) is 13.2 Å². The molecule has 4 nitrogen and oxygen atoms in total. The fourth-order valence-corrected chi connectivity index (χ4v) is 3.61. The van der Waals surface area contributed by atoms with E-state index in [0.29, 0.717) is 31.8 Å². The van der Waals surface area contributed by atoms with Gasteiger partial charge in [-0.05, 0) is 42.0 Å². The Bertz CT molecular complexity index is 942. The van der Waals surface area contributed by atoms with Crippen LogP contribution in [-0.2, 0) is 17.8 Å². The van der Waals surface area contributed by atoms with Crippen LogP contribution in [0.25, 0.3) is 0 Å². The lowest BCUT2D eigenvalue weighted by Gasteiger charge is -2.24. The zero-order chi connectivity index (χ0) is 19.9.